The Morgan fingerprint density at radius 2 is 1.89 bits per heavy atom. The van der Waals surface area contributed by atoms with Crippen LogP contribution >= 0.6 is 0 Å². The van der Waals surface area contributed by atoms with Crippen molar-refractivity contribution in [3.63, 3.8) is 0 Å². The highest BCUT2D eigenvalue weighted by Crippen LogP contribution is 2.33. The van der Waals surface area contributed by atoms with E-state index in [0.717, 1.165) is 30.1 Å². The molecule has 2 aliphatic rings. The summed E-state index contributed by atoms with van der Waals surface area (Å²) in [6.07, 6.45) is -0.278. The zero-order valence-electron chi connectivity index (χ0n) is 15.3. The summed E-state index contributed by atoms with van der Waals surface area (Å²) in [7, 11) is 1.66. The molecule has 1 saturated heterocycles. The van der Waals surface area contributed by atoms with Crippen LogP contribution in [0, 0.1) is 0 Å². The van der Waals surface area contributed by atoms with E-state index in [9.17, 15) is 9.59 Å². The van der Waals surface area contributed by atoms with E-state index in [0.29, 0.717) is 18.7 Å². The molecule has 0 saturated carbocycles. The number of fused-ring (bicyclic) bond motifs is 1. The zero-order chi connectivity index (χ0) is 18.8. The van der Waals surface area contributed by atoms with Crippen molar-refractivity contribution < 1.29 is 19.1 Å². The molecule has 2 aromatic rings. The van der Waals surface area contributed by atoms with Crippen molar-refractivity contribution in [1.29, 1.82) is 0 Å². The van der Waals surface area contributed by atoms with Gasteiger partial charge in [0.1, 0.15) is 11.9 Å². The number of nitrogens with zero attached hydrogens (tertiary/aromatic N) is 2. The highest BCUT2D eigenvalue weighted by Gasteiger charge is 2.33. The lowest BCUT2D eigenvalue weighted by atomic mass is 10.0. The molecule has 2 aliphatic heterocycles. The second kappa shape index (κ2) is 7.31. The molecule has 0 aliphatic carbocycles. The van der Waals surface area contributed by atoms with Crippen LogP contribution in [-0.4, -0.2) is 50.1 Å². The van der Waals surface area contributed by atoms with E-state index in [1.807, 2.05) is 41.3 Å². The number of anilines is 1. The number of carbonyl (C=O) groups excluding carboxylic acids is 2. The van der Waals surface area contributed by atoms with Crippen molar-refractivity contribution in [2.45, 2.75) is 12.5 Å². The van der Waals surface area contributed by atoms with E-state index in [1.165, 1.54) is 0 Å². The number of cyclic esters (lactones) is 1. The first-order valence-corrected chi connectivity index (χ1v) is 9.12. The minimum absolute atomic E-state index is 0.0230. The van der Waals surface area contributed by atoms with Crippen LogP contribution in [0.1, 0.15) is 28.4 Å². The number of benzene rings is 2. The lowest BCUT2D eigenvalue weighted by Gasteiger charge is -2.36. The molecule has 1 amide bonds. The average molecular weight is 366 g/mol. The van der Waals surface area contributed by atoms with Gasteiger partial charge in [0.05, 0.1) is 19.1 Å². The third-order valence-corrected chi connectivity index (χ3v) is 5.19. The first kappa shape index (κ1) is 17.4. The lowest BCUT2D eigenvalue weighted by molar-refractivity contribution is -0.133. The Hall–Kier alpha value is -3.02. The quantitative estimate of drug-likeness (QED) is 0.779. The van der Waals surface area contributed by atoms with E-state index in [1.54, 1.807) is 13.2 Å². The van der Waals surface area contributed by atoms with Crippen LogP contribution in [0.5, 0.6) is 5.75 Å². The third kappa shape index (κ3) is 3.47. The molecule has 6 heteroatoms. The molecule has 1 fully saturated rings. The summed E-state index contributed by atoms with van der Waals surface area (Å²) in [6, 6.07) is 15.2. The molecular weight excluding hydrogens is 344 g/mol. The van der Waals surface area contributed by atoms with Gasteiger partial charge < -0.3 is 19.3 Å². The maximum Gasteiger partial charge on any atom is 0.339 e. The first-order chi connectivity index (χ1) is 13.2. The van der Waals surface area contributed by atoms with Crippen molar-refractivity contribution in [1.82, 2.24) is 4.90 Å². The zero-order valence-corrected chi connectivity index (χ0v) is 15.3. The number of esters is 1. The Morgan fingerprint density at radius 3 is 2.67 bits per heavy atom. The number of amides is 1. The van der Waals surface area contributed by atoms with Crippen LogP contribution in [0.3, 0.4) is 0 Å². The van der Waals surface area contributed by atoms with Gasteiger partial charge in [0.2, 0.25) is 5.91 Å². The maximum absolute atomic E-state index is 12.7. The molecule has 27 heavy (non-hydrogen) atoms. The van der Waals surface area contributed by atoms with Gasteiger partial charge in [0.25, 0.3) is 0 Å². The molecule has 0 unspecified atom stereocenters. The molecule has 0 aromatic heterocycles. The lowest BCUT2D eigenvalue weighted by Crippen LogP contribution is -2.49. The van der Waals surface area contributed by atoms with Crippen molar-refractivity contribution in [3.05, 3.63) is 59.7 Å². The van der Waals surface area contributed by atoms with Crippen LogP contribution < -0.4 is 9.64 Å². The van der Waals surface area contributed by atoms with Crippen LogP contribution in [0.2, 0.25) is 0 Å². The standard InChI is InChI=1S/C21H22N2O4/c1-26-16-6-4-5-15(13-16)22-9-11-23(12-10-22)20(24)14-19-17-7-2-3-8-18(17)21(25)27-19/h2-8,13,19H,9-12,14H2,1H3/t19-/m0/s1. The number of hydrogen-bond donors (Lipinski definition) is 0. The highest BCUT2D eigenvalue weighted by atomic mass is 16.5. The molecule has 0 N–H and O–H groups in total. The van der Waals surface area contributed by atoms with Crippen LogP contribution in [0.4, 0.5) is 5.69 Å². The molecular formula is C21H22N2O4. The summed E-state index contributed by atoms with van der Waals surface area (Å²) in [4.78, 5) is 28.7. The smallest absolute Gasteiger partial charge is 0.339 e. The van der Waals surface area contributed by atoms with Gasteiger partial charge in [-0.25, -0.2) is 4.79 Å². The Labute approximate surface area is 158 Å². The summed E-state index contributed by atoms with van der Waals surface area (Å²) in [5, 5.41) is 0. The van der Waals surface area contributed by atoms with Crippen LogP contribution in [0.15, 0.2) is 48.5 Å². The second-order valence-electron chi connectivity index (χ2n) is 6.75. The number of piperazine rings is 1. The summed E-state index contributed by atoms with van der Waals surface area (Å²) in [5.74, 6) is 0.508. The van der Waals surface area contributed by atoms with Gasteiger partial charge in [-0.2, -0.15) is 0 Å². The fraction of sp³-hybridized carbons (Fsp3) is 0.333. The van der Waals surface area contributed by atoms with E-state index in [2.05, 4.69) is 11.0 Å². The Bertz CT molecular complexity index is 859. The van der Waals surface area contributed by atoms with Crippen molar-refractivity contribution >= 4 is 17.6 Å². The number of carbonyl (C=O) groups is 2. The topological polar surface area (TPSA) is 59.1 Å². The van der Waals surface area contributed by atoms with Gasteiger partial charge in [-0.3, -0.25) is 4.79 Å². The molecule has 2 aromatic carbocycles. The van der Waals surface area contributed by atoms with Crippen LogP contribution in [-0.2, 0) is 9.53 Å². The summed E-state index contributed by atoms with van der Waals surface area (Å²) < 4.78 is 10.7. The highest BCUT2D eigenvalue weighted by molar-refractivity contribution is 5.94. The predicted octanol–water partition coefficient (Wildman–Crippen LogP) is 2.65. The maximum atomic E-state index is 12.7. The Kier molecular flexibility index (Phi) is 4.71. The van der Waals surface area contributed by atoms with Crippen molar-refractivity contribution in [3.8, 4) is 5.75 Å². The minimum atomic E-state index is -0.474. The van der Waals surface area contributed by atoms with E-state index in [4.69, 9.17) is 9.47 Å². The van der Waals surface area contributed by atoms with Gasteiger partial charge in [-0.05, 0) is 18.2 Å². The molecule has 0 radical (unpaired) electrons. The second-order valence-corrected chi connectivity index (χ2v) is 6.75. The predicted molar refractivity (Wildman–Crippen MR) is 101 cm³/mol. The average Bonchev–Trinajstić information content (AvgIpc) is 3.04. The summed E-state index contributed by atoms with van der Waals surface area (Å²) in [6.45, 7) is 2.83. The molecule has 4 rings (SSSR count). The normalized spacial score (nSPS) is 18.9. The fourth-order valence-corrected chi connectivity index (χ4v) is 3.68. The van der Waals surface area contributed by atoms with Crippen molar-refractivity contribution in [2.75, 3.05) is 38.2 Å². The Balaban J connectivity index is 1.36. The van der Waals surface area contributed by atoms with E-state index >= 15 is 0 Å². The van der Waals surface area contributed by atoms with E-state index in [-0.39, 0.29) is 18.3 Å². The summed E-state index contributed by atoms with van der Waals surface area (Å²) >= 11 is 0. The molecule has 6 nitrogen and oxygen atoms in total. The minimum Gasteiger partial charge on any atom is -0.497 e. The van der Waals surface area contributed by atoms with Crippen molar-refractivity contribution in [2.24, 2.45) is 0 Å². The largest absolute Gasteiger partial charge is 0.497 e. The van der Waals surface area contributed by atoms with Gasteiger partial charge >= 0.3 is 5.97 Å². The fourth-order valence-electron chi connectivity index (χ4n) is 3.68. The number of methoxy groups -OCH3 is 1. The Morgan fingerprint density at radius 1 is 1.11 bits per heavy atom. The van der Waals surface area contributed by atoms with E-state index < -0.39 is 6.10 Å². The summed E-state index contributed by atoms with van der Waals surface area (Å²) in [5.41, 5.74) is 2.48. The SMILES string of the molecule is COc1cccc(N2CCN(C(=O)C[C@@H]3OC(=O)c4ccccc43)CC2)c1. The number of hydrogen-bond acceptors (Lipinski definition) is 5. The van der Waals surface area contributed by atoms with Gasteiger partial charge in [0, 0.05) is 43.5 Å². The molecule has 2 heterocycles. The molecule has 1 atom stereocenters. The first-order valence-electron chi connectivity index (χ1n) is 9.12. The van der Waals surface area contributed by atoms with Crippen LogP contribution in [0.25, 0.3) is 0 Å². The van der Waals surface area contributed by atoms with Gasteiger partial charge in [-0.15, -0.1) is 0 Å². The monoisotopic (exact) mass is 366 g/mol. The molecule has 140 valence electrons. The van der Waals surface area contributed by atoms with Gasteiger partial charge in [0.15, 0.2) is 0 Å². The van der Waals surface area contributed by atoms with Gasteiger partial charge in [-0.1, -0.05) is 24.3 Å². The third-order valence-electron chi connectivity index (χ3n) is 5.19. The molecule has 0 spiro atoms. The number of ether oxygens (including phenoxy) is 2. The number of rotatable bonds is 4. The molecule has 0 bridgehead atoms.